The molecule has 0 spiro atoms. The molecule has 18 heavy (non-hydrogen) atoms. The molecule has 1 N–H and O–H groups in total. The van der Waals surface area contributed by atoms with Crippen LogP contribution in [0.4, 0.5) is 0 Å². The van der Waals surface area contributed by atoms with Crippen molar-refractivity contribution < 1.29 is 0 Å². The molecule has 2 bridgehead atoms. The molecule has 3 heterocycles. The zero-order valence-electron chi connectivity index (χ0n) is 10.9. The van der Waals surface area contributed by atoms with Crippen molar-refractivity contribution in [3.8, 4) is 0 Å². The molecule has 0 saturated carbocycles. The Bertz CT molecular complexity index is 557. The van der Waals surface area contributed by atoms with Crippen molar-refractivity contribution in [2.24, 2.45) is 0 Å². The minimum atomic E-state index is 0.759. The summed E-state index contributed by atoms with van der Waals surface area (Å²) in [6.07, 6.45) is 7.74. The van der Waals surface area contributed by atoms with Crippen molar-refractivity contribution in [2.45, 2.75) is 43.7 Å². The Morgan fingerprint density at radius 1 is 1.11 bits per heavy atom. The summed E-state index contributed by atoms with van der Waals surface area (Å²) in [6.45, 7) is 0. The van der Waals surface area contributed by atoms with E-state index in [4.69, 9.17) is 0 Å². The van der Waals surface area contributed by atoms with Gasteiger partial charge in [0.15, 0.2) is 0 Å². The van der Waals surface area contributed by atoms with E-state index in [1.807, 2.05) is 0 Å². The molecular formula is C16H20N2. The number of hydrogen-bond donors (Lipinski definition) is 1. The molecule has 2 heteroatoms. The van der Waals surface area contributed by atoms with E-state index < -0.39 is 0 Å². The first-order valence-electron chi connectivity index (χ1n) is 7.11. The molecule has 2 aliphatic heterocycles. The SMILES string of the molecule is CN1[C@@H]2CC[C@H]1CC(c1c[nH]c3ccccc13)C2. The van der Waals surface area contributed by atoms with Gasteiger partial charge in [-0.05, 0) is 50.3 Å². The number of hydrogen-bond acceptors (Lipinski definition) is 1. The molecule has 4 rings (SSSR count). The Kier molecular flexibility index (Phi) is 2.28. The fraction of sp³-hybridized carbons (Fsp3) is 0.500. The number of aromatic nitrogens is 1. The first-order chi connectivity index (χ1) is 8.83. The number of aromatic amines is 1. The van der Waals surface area contributed by atoms with Crippen molar-refractivity contribution in [3.63, 3.8) is 0 Å². The maximum Gasteiger partial charge on any atom is 0.0456 e. The molecule has 0 amide bonds. The Balaban J connectivity index is 1.72. The van der Waals surface area contributed by atoms with Crippen molar-refractivity contribution >= 4 is 10.9 Å². The third kappa shape index (κ3) is 1.45. The van der Waals surface area contributed by atoms with Crippen LogP contribution in [0.15, 0.2) is 30.5 Å². The zero-order chi connectivity index (χ0) is 12.1. The summed E-state index contributed by atoms with van der Waals surface area (Å²) >= 11 is 0. The predicted molar refractivity (Wildman–Crippen MR) is 74.8 cm³/mol. The number of fused-ring (bicyclic) bond motifs is 3. The van der Waals surface area contributed by atoms with Crippen LogP contribution in [0, 0.1) is 0 Å². The van der Waals surface area contributed by atoms with E-state index in [2.05, 4.69) is 47.4 Å². The van der Waals surface area contributed by atoms with Crippen molar-refractivity contribution in [1.29, 1.82) is 0 Å². The van der Waals surface area contributed by atoms with Crippen LogP contribution >= 0.6 is 0 Å². The van der Waals surface area contributed by atoms with Crippen molar-refractivity contribution in [1.82, 2.24) is 9.88 Å². The second-order valence-corrected chi connectivity index (χ2v) is 6.01. The highest BCUT2D eigenvalue weighted by molar-refractivity contribution is 5.83. The van der Waals surface area contributed by atoms with Gasteiger partial charge in [0.25, 0.3) is 0 Å². The van der Waals surface area contributed by atoms with Crippen molar-refractivity contribution in [2.75, 3.05) is 7.05 Å². The highest BCUT2D eigenvalue weighted by Gasteiger charge is 2.39. The van der Waals surface area contributed by atoms with Gasteiger partial charge in [0.1, 0.15) is 0 Å². The van der Waals surface area contributed by atoms with Crippen LogP contribution in [0.3, 0.4) is 0 Å². The summed E-state index contributed by atoms with van der Waals surface area (Å²) in [5, 5.41) is 1.44. The van der Waals surface area contributed by atoms with E-state index in [-0.39, 0.29) is 0 Å². The van der Waals surface area contributed by atoms with E-state index in [0.29, 0.717) is 0 Å². The number of piperidine rings is 1. The topological polar surface area (TPSA) is 19.0 Å². The lowest BCUT2D eigenvalue weighted by Crippen LogP contribution is -2.39. The maximum atomic E-state index is 3.43. The Labute approximate surface area is 108 Å². The first-order valence-corrected chi connectivity index (χ1v) is 7.11. The third-order valence-corrected chi connectivity index (χ3v) is 5.16. The van der Waals surface area contributed by atoms with Gasteiger partial charge < -0.3 is 9.88 Å². The van der Waals surface area contributed by atoms with Crippen LogP contribution < -0.4 is 0 Å². The fourth-order valence-electron chi connectivity index (χ4n) is 4.10. The van der Waals surface area contributed by atoms with E-state index in [1.165, 1.54) is 36.6 Å². The molecule has 1 aromatic carbocycles. The predicted octanol–water partition coefficient (Wildman–Crippen LogP) is 3.51. The second-order valence-electron chi connectivity index (χ2n) is 6.01. The second kappa shape index (κ2) is 3.86. The maximum absolute atomic E-state index is 3.43. The van der Waals surface area contributed by atoms with Crippen LogP contribution in [0.1, 0.15) is 37.2 Å². The van der Waals surface area contributed by atoms with Gasteiger partial charge in [-0.3, -0.25) is 0 Å². The van der Waals surface area contributed by atoms with Gasteiger partial charge in [-0.2, -0.15) is 0 Å². The molecule has 2 aliphatic rings. The van der Waals surface area contributed by atoms with Crippen LogP contribution in [0.2, 0.25) is 0 Å². The molecule has 1 unspecified atom stereocenters. The Morgan fingerprint density at radius 3 is 2.61 bits per heavy atom. The van der Waals surface area contributed by atoms with E-state index >= 15 is 0 Å². The summed E-state index contributed by atoms with van der Waals surface area (Å²) in [6, 6.07) is 10.4. The number of nitrogens with one attached hydrogen (secondary N) is 1. The quantitative estimate of drug-likeness (QED) is 0.808. The lowest BCUT2D eigenvalue weighted by atomic mass is 9.85. The number of nitrogens with zero attached hydrogens (tertiary/aromatic N) is 1. The standard InChI is InChI=1S/C16H20N2/c1-18-12-6-7-13(18)9-11(8-12)15-10-17-16-5-3-2-4-14(15)16/h2-5,10-13,17H,6-9H2,1H3/t11?,12-,13+. The molecule has 2 nitrogen and oxygen atoms in total. The molecular weight excluding hydrogens is 220 g/mol. The Morgan fingerprint density at radius 2 is 1.83 bits per heavy atom. The van der Waals surface area contributed by atoms with Crippen LogP contribution in [0.5, 0.6) is 0 Å². The molecule has 2 saturated heterocycles. The minimum absolute atomic E-state index is 0.759. The van der Waals surface area contributed by atoms with Gasteiger partial charge in [0.05, 0.1) is 0 Å². The number of rotatable bonds is 1. The molecule has 3 atom stereocenters. The van der Waals surface area contributed by atoms with Crippen molar-refractivity contribution in [3.05, 3.63) is 36.0 Å². The lowest BCUT2D eigenvalue weighted by molar-refractivity contribution is 0.162. The average molecular weight is 240 g/mol. The first kappa shape index (κ1) is 10.6. The third-order valence-electron chi connectivity index (χ3n) is 5.16. The minimum Gasteiger partial charge on any atom is -0.361 e. The summed E-state index contributed by atoms with van der Waals surface area (Å²) in [4.78, 5) is 6.05. The van der Waals surface area contributed by atoms with Gasteiger partial charge in [0, 0.05) is 29.2 Å². The molecule has 2 fully saturated rings. The number of para-hydroxylation sites is 1. The van der Waals surface area contributed by atoms with Gasteiger partial charge in [-0.15, -0.1) is 0 Å². The lowest BCUT2D eigenvalue weighted by Gasteiger charge is -2.36. The highest BCUT2D eigenvalue weighted by atomic mass is 15.2. The Hall–Kier alpha value is -1.28. The van der Waals surface area contributed by atoms with E-state index in [9.17, 15) is 0 Å². The van der Waals surface area contributed by atoms with E-state index in [1.54, 1.807) is 5.56 Å². The molecule has 0 aliphatic carbocycles. The monoisotopic (exact) mass is 240 g/mol. The van der Waals surface area contributed by atoms with Gasteiger partial charge >= 0.3 is 0 Å². The van der Waals surface area contributed by atoms with Gasteiger partial charge in [-0.1, -0.05) is 18.2 Å². The van der Waals surface area contributed by atoms with E-state index in [0.717, 1.165) is 18.0 Å². The molecule has 94 valence electrons. The normalized spacial score (nSPS) is 32.2. The van der Waals surface area contributed by atoms with Crippen LogP contribution in [-0.4, -0.2) is 29.0 Å². The highest BCUT2D eigenvalue weighted by Crippen LogP contribution is 2.43. The zero-order valence-corrected chi connectivity index (χ0v) is 10.9. The number of benzene rings is 1. The molecule has 1 aromatic heterocycles. The fourth-order valence-corrected chi connectivity index (χ4v) is 4.10. The average Bonchev–Trinajstić information content (AvgIpc) is 2.88. The molecule has 2 aromatic rings. The summed E-state index contributed by atoms with van der Waals surface area (Å²) in [5.74, 6) is 0.759. The molecule has 0 radical (unpaired) electrons. The van der Waals surface area contributed by atoms with Gasteiger partial charge in [0.2, 0.25) is 0 Å². The van der Waals surface area contributed by atoms with Gasteiger partial charge in [-0.25, -0.2) is 0 Å². The largest absolute Gasteiger partial charge is 0.361 e. The van der Waals surface area contributed by atoms with Crippen LogP contribution in [-0.2, 0) is 0 Å². The summed E-state index contributed by atoms with van der Waals surface area (Å²) < 4.78 is 0. The summed E-state index contributed by atoms with van der Waals surface area (Å²) in [5.41, 5.74) is 2.84. The van der Waals surface area contributed by atoms with Crippen LogP contribution in [0.25, 0.3) is 10.9 Å². The number of H-pyrrole nitrogens is 1. The smallest absolute Gasteiger partial charge is 0.0456 e. The summed E-state index contributed by atoms with van der Waals surface area (Å²) in [7, 11) is 2.31.